The molecule has 0 bridgehead atoms. The molecule has 3 rings (SSSR count). The van der Waals surface area contributed by atoms with Gasteiger partial charge in [-0.05, 0) is 57.2 Å². The average molecular weight is 388 g/mol. The Morgan fingerprint density at radius 3 is 2.29 bits per heavy atom. The van der Waals surface area contributed by atoms with E-state index in [-0.39, 0.29) is 17.9 Å². The second kappa shape index (κ2) is 8.20. The van der Waals surface area contributed by atoms with Gasteiger partial charge in [-0.2, -0.15) is 0 Å². The minimum Gasteiger partial charge on any atom is -0.481 e. The molecule has 2 fully saturated rings. The second-order valence-electron chi connectivity index (χ2n) is 8.37. The third kappa shape index (κ3) is 5.24. The molecule has 7 heteroatoms. The summed E-state index contributed by atoms with van der Waals surface area (Å²) in [5.74, 6) is 0.362. The van der Waals surface area contributed by atoms with E-state index in [9.17, 15) is 14.4 Å². The number of hydrogen-bond acceptors (Lipinski definition) is 5. The summed E-state index contributed by atoms with van der Waals surface area (Å²) in [5.41, 5.74) is 0.714. The third-order valence-electron chi connectivity index (χ3n) is 4.97. The van der Waals surface area contributed by atoms with Crippen LogP contribution in [0.4, 0.5) is 4.79 Å². The summed E-state index contributed by atoms with van der Waals surface area (Å²) in [6.45, 7) is 6.96. The van der Waals surface area contributed by atoms with Crippen molar-refractivity contribution in [3.8, 4) is 5.75 Å². The molecule has 0 aliphatic carbocycles. The summed E-state index contributed by atoms with van der Waals surface area (Å²) in [5, 5.41) is 2.29. The Kier molecular flexibility index (Phi) is 5.91. The van der Waals surface area contributed by atoms with Crippen LogP contribution in [-0.4, -0.2) is 47.6 Å². The molecule has 1 atom stereocenters. The van der Waals surface area contributed by atoms with Crippen molar-refractivity contribution in [1.82, 2.24) is 10.2 Å². The number of nitrogens with one attached hydrogen (secondary N) is 1. The van der Waals surface area contributed by atoms with Gasteiger partial charge in [0.15, 0.2) is 6.10 Å². The molecule has 0 unspecified atom stereocenters. The van der Waals surface area contributed by atoms with E-state index >= 15 is 0 Å². The molecule has 1 N–H and O–H groups in total. The zero-order chi connectivity index (χ0) is 20.3. The first-order chi connectivity index (χ1) is 13.2. The largest absolute Gasteiger partial charge is 0.481 e. The highest BCUT2D eigenvalue weighted by Gasteiger charge is 2.29. The van der Waals surface area contributed by atoms with E-state index in [1.54, 1.807) is 4.90 Å². The zero-order valence-corrected chi connectivity index (χ0v) is 16.7. The van der Waals surface area contributed by atoms with Gasteiger partial charge in [0.1, 0.15) is 11.4 Å². The van der Waals surface area contributed by atoms with E-state index < -0.39 is 11.7 Å². The number of hydrogen-bond donors (Lipinski definition) is 1. The van der Waals surface area contributed by atoms with Crippen molar-refractivity contribution in [2.75, 3.05) is 13.1 Å². The molecule has 1 aromatic rings. The van der Waals surface area contributed by atoms with E-state index in [0.29, 0.717) is 37.6 Å². The Hall–Kier alpha value is -2.57. The fourth-order valence-corrected chi connectivity index (χ4v) is 3.49. The van der Waals surface area contributed by atoms with Gasteiger partial charge in [0, 0.05) is 25.9 Å². The minimum absolute atomic E-state index is 0.251. The molecule has 3 amide bonds. The number of imide groups is 1. The Labute approximate surface area is 165 Å². The van der Waals surface area contributed by atoms with E-state index in [1.165, 1.54) is 5.56 Å². The number of benzene rings is 1. The minimum atomic E-state index is -0.624. The summed E-state index contributed by atoms with van der Waals surface area (Å²) in [6, 6.07) is 7.74. The predicted octanol–water partition coefficient (Wildman–Crippen LogP) is 2.99. The fraction of sp³-hybridized carbons (Fsp3) is 0.571. The molecule has 1 aromatic carbocycles. The van der Waals surface area contributed by atoms with Crippen LogP contribution in [-0.2, 0) is 14.3 Å². The molecule has 0 saturated carbocycles. The summed E-state index contributed by atoms with van der Waals surface area (Å²) in [7, 11) is 0. The van der Waals surface area contributed by atoms with Crippen LogP contribution in [0.1, 0.15) is 57.9 Å². The van der Waals surface area contributed by atoms with Crippen molar-refractivity contribution in [1.29, 1.82) is 0 Å². The Balaban J connectivity index is 1.51. The van der Waals surface area contributed by atoms with E-state index in [2.05, 4.69) is 5.32 Å². The van der Waals surface area contributed by atoms with Gasteiger partial charge in [-0.25, -0.2) is 4.79 Å². The maximum atomic E-state index is 12.2. The molecular formula is C21H28N2O5. The van der Waals surface area contributed by atoms with Crippen molar-refractivity contribution < 1.29 is 23.9 Å². The molecule has 152 valence electrons. The van der Waals surface area contributed by atoms with Crippen molar-refractivity contribution in [2.24, 2.45) is 0 Å². The van der Waals surface area contributed by atoms with Crippen LogP contribution in [0.3, 0.4) is 0 Å². The first-order valence-electron chi connectivity index (χ1n) is 9.79. The molecule has 2 saturated heterocycles. The quantitative estimate of drug-likeness (QED) is 0.805. The normalized spacial score (nSPS) is 21.2. The number of likely N-dealkylation sites (tertiary alicyclic amines) is 1. The Morgan fingerprint density at radius 2 is 1.71 bits per heavy atom. The number of amides is 3. The number of carbonyl (C=O) groups excluding carboxylic acids is 3. The van der Waals surface area contributed by atoms with Crippen molar-refractivity contribution in [2.45, 2.75) is 64.1 Å². The van der Waals surface area contributed by atoms with E-state index in [1.807, 2.05) is 45.0 Å². The van der Waals surface area contributed by atoms with Gasteiger partial charge in [0.2, 0.25) is 5.91 Å². The van der Waals surface area contributed by atoms with Gasteiger partial charge in [-0.15, -0.1) is 0 Å². The van der Waals surface area contributed by atoms with Crippen molar-refractivity contribution in [3.63, 3.8) is 0 Å². The Morgan fingerprint density at radius 1 is 1.07 bits per heavy atom. The van der Waals surface area contributed by atoms with Crippen LogP contribution in [0.2, 0.25) is 0 Å². The highest BCUT2D eigenvalue weighted by Crippen LogP contribution is 2.30. The van der Waals surface area contributed by atoms with Gasteiger partial charge in [-0.3, -0.25) is 14.9 Å². The lowest BCUT2D eigenvalue weighted by atomic mass is 9.89. The molecule has 0 radical (unpaired) electrons. The Bertz CT molecular complexity index is 730. The van der Waals surface area contributed by atoms with E-state index in [4.69, 9.17) is 9.47 Å². The topological polar surface area (TPSA) is 84.9 Å². The first kappa shape index (κ1) is 20.2. The summed E-state index contributed by atoms with van der Waals surface area (Å²) >= 11 is 0. The highest BCUT2D eigenvalue weighted by atomic mass is 16.6. The van der Waals surface area contributed by atoms with Crippen molar-refractivity contribution in [3.05, 3.63) is 29.8 Å². The molecule has 0 spiro atoms. The zero-order valence-electron chi connectivity index (χ0n) is 16.7. The molecule has 2 heterocycles. The van der Waals surface area contributed by atoms with Crippen molar-refractivity contribution >= 4 is 17.9 Å². The molecule has 0 aromatic heterocycles. The van der Waals surface area contributed by atoms with Gasteiger partial charge in [0.05, 0.1) is 0 Å². The number of piperidine rings is 2. The van der Waals surface area contributed by atoms with Gasteiger partial charge in [0.25, 0.3) is 5.91 Å². The summed E-state index contributed by atoms with van der Waals surface area (Å²) in [4.78, 5) is 36.9. The summed E-state index contributed by atoms with van der Waals surface area (Å²) in [6.07, 6.45) is 1.58. The smallest absolute Gasteiger partial charge is 0.410 e. The van der Waals surface area contributed by atoms with Gasteiger partial charge < -0.3 is 14.4 Å². The first-order valence-corrected chi connectivity index (χ1v) is 9.79. The van der Waals surface area contributed by atoms with Crippen LogP contribution in [0.25, 0.3) is 0 Å². The predicted molar refractivity (Wildman–Crippen MR) is 103 cm³/mol. The lowest BCUT2D eigenvalue weighted by Gasteiger charge is -2.33. The summed E-state index contributed by atoms with van der Waals surface area (Å²) < 4.78 is 11.2. The second-order valence-corrected chi connectivity index (χ2v) is 8.37. The molecular weight excluding hydrogens is 360 g/mol. The molecule has 2 aliphatic heterocycles. The van der Waals surface area contributed by atoms with Crippen LogP contribution in [0, 0.1) is 0 Å². The van der Waals surface area contributed by atoms with Gasteiger partial charge >= 0.3 is 6.09 Å². The number of ether oxygens (including phenoxy) is 2. The fourth-order valence-electron chi connectivity index (χ4n) is 3.49. The standard InChI is InChI=1S/C21H28N2O5/c1-21(2,3)28-20(26)23-12-10-15(11-13-23)14-4-6-16(7-5-14)27-17-8-9-18(24)22-19(17)25/h4-7,15,17H,8-13H2,1-3H3,(H,22,24,25)/t17-/m0/s1. The average Bonchev–Trinajstić information content (AvgIpc) is 2.63. The van der Waals surface area contributed by atoms with Crippen LogP contribution in [0.15, 0.2) is 24.3 Å². The number of carbonyl (C=O) groups is 3. The van der Waals surface area contributed by atoms with Gasteiger partial charge in [-0.1, -0.05) is 12.1 Å². The SMILES string of the molecule is CC(C)(C)OC(=O)N1CCC(c2ccc(O[C@H]3CCC(=O)NC3=O)cc2)CC1. The lowest BCUT2D eigenvalue weighted by Crippen LogP contribution is -2.46. The van der Waals surface area contributed by atoms with Crippen LogP contribution < -0.4 is 10.1 Å². The highest BCUT2D eigenvalue weighted by molar-refractivity contribution is 5.99. The molecule has 7 nitrogen and oxygen atoms in total. The third-order valence-corrected chi connectivity index (χ3v) is 4.97. The number of nitrogens with zero attached hydrogens (tertiary/aromatic N) is 1. The number of rotatable bonds is 3. The van der Waals surface area contributed by atoms with Crippen LogP contribution >= 0.6 is 0 Å². The lowest BCUT2D eigenvalue weighted by molar-refractivity contribution is -0.138. The molecule has 28 heavy (non-hydrogen) atoms. The maximum Gasteiger partial charge on any atom is 0.410 e. The molecule has 2 aliphatic rings. The van der Waals surface area contributed by atoms with E-state index in [0.717, 1.165) is 12.8 Å². The monoisotopic (exact) mass is 388 g/mol. The maximum absolute atomic E-state index is 12.2. The van der Waals surface area contributed by atoms with Crippen LogP contribution in [0.5, 0.6) is 5.75 Å².